The summed E-state index contributed by atoms with van der Waals surface area (Å²) >= 11 is 0. The highest BCUT2D eigenvalue weighted by molar-refractivity contribution is 7.91. The van der Waals surface area contributed by atoms with E-state index < -0.39 is 74.8 Å². The number of ether oxygens (including phenoxy) is 2. The largest absolute Gasteiger partial charge is 0.449 e. The summed E-state index contributed by atoms with van der Waals surface area (Å²) in [5, 5.41) is 4.89. The molecule has 6 rings (SSSR count). The van der Waals surface area contributed by atoms with Crippen LogP contribution < -0.4 is 15.4 Å². The van der Waals surface area contributed by atoms with Gasteiger partial charge in [-0.25, -0.2) is 18.0 Å². The topological polar surface area (TPSA) is 181 Å². The quantitative estimate of drug-likeness (QED) is 0.380. The molecule has 15 heteroatoms. The van der Waals surface area contributed by atoms with Crippen LogP contribution in [0.3, 0.4) is 0 Å². The minimum absolute atomic E-state index is 0.0480. The van der Waals surface area contributed by atoms with Gasteiger partial charge in [0.05, 0.1) is 18.4 Å². The maximum atomic E-state index is 14.3. The Morgan fingerprint density at radius 1 is 1.10 bits per heavy atom. The predicted octanol–water partition coefficient (Wildman–Crippen LogP) is 3.11. The highest BCUT2D eigenvalue weighted by Gasteiger charge is 2.62. The van der Waals surface area contributed by atoms with Crippen molar-refractivity contribution >= 4 is 39.9 Å². The van der Waals surface area contributed by atoms with E-state index in [9.17, 15) is 32.4 Å². The van der Waals surface area contributed by atoms with Crippen LogP contribution in [0.2, 0.25) is 0 Å². The SMILES string of the molecule is CC[C@@H]1C[C@]1(NC(=O)[C@@H]1C[C@@H]2CN1C(=O)[C@H](C(C)C)NC(=O)OCC(C)(C)CCCc1cccc3c1CN(C3)C(=O)O2)C(=O)NS(=O)(=O)C1CC1. The Morgan fingerprint density at radius 3 is 2.49 bits per heavy atom. The second kappa shape index (κ2) is 13.9. The van der Waals surface area contributed by atoms with Gasteiger partial charge in [-0.2, -0.15) is 0 Å². The van der Waals surface area contributed by atoms with E-state index in [0.29, 0.717) is 32.4 Å². The Morgan fingerprint density at radius 2 is 1.82 bits per heavy atom. The monoisotopic (exact) mass is 729 g/mol. The first-order valence-corrected chi connectivity index (χ1v) is 19.7. The molecule has 0 radical (unpaired) electrons. The first-order chi connectivity index (χ1) is 24.0. The molecule has 2 saturated carbocycles. The molecule has 2 aliphatic carbocycles. The maximum absolute atomic E-state index is 14.3. The smallest absolute Gasteiger partial charge is 0.410 e. The Balaban J connectivity index is 1.26. The third-order valence-corrected chi connectivity index (χ3v) is 12.9. The van der Waals surface area contributed by atoms with Gasteiger partial charge < -0.3 is 25.0 Å². The molecule has 3 N–H and O–H groups in total. The van der Waals surface area contributed by atoms with Gasteiger partial charge in [-0.05, 0) is 72.5 Å². The molecular weight excluding hydrogens is 678 g/mol. The lowest BCUT2D eigenvalue weighted by atomic mass is 9.86. The van der Waals surface area contributed by atoms with Crippen molar-refractivity contribution in [1.82, 2.24) is 25.2 Å². The van der Waals surface area contributed by atoms with E-state index in [2.05, 4.69) is 21.4 Å². The average molecular weight is 730 g/mol. The highest BCUT2D eigenvalue weighted by atomic mass is 32.2. The number of cyclic esters (lactones) is 1. The first-order valence-electron chi connectivity index (χ1n) is 18.2. The number of carbonyl (C=O) groups excluding carboxylic acids is 5. The molecule has 5 amide bonds. The zero-order valence-electron chi connectivity index (χ0n) is 30.2. The number of hydrogen-bond acceptors (Lipinski definition) is 9. The van der Waals surface area contributed by atoms with Gasteiger partial charge in [0.1, 0.15) is 23.7 Å². The first kappa shape index (κ1) is 36.9. The van der Waals surface area contributed by atoms with Crippen LogP contribution in [0.15, 0.2) is 18.2 Å². The summed E-state index contributed by atoms with van der Waals surface area (Å²) in [6, 6.07) is 3.83. The number of sulfonamides is 1. The maximum Gasteiger partial charge on any atom is 0.410 e. The van der Waals surface area contributed by atoms with Gasteiger partial charge in [0.25, 0.3) is 5.91 Å². The molecule has 1 saturated heterocycles. The molecule has 0 unspecified atom stereocenters. The average Bonchev–Trinajstić information content (AvgIpc) is 3.96. The molecule has 51 heavy (non-hydrogen) atoms. The number of hydrogen-bond donors (Lipinski definition) is 3. The van der Waals surface area contributed by atoms with E-state index in [-0.39, 0.29) is 37.3 Å². The van der Waals surface area contributed by atoms with Crippen LogP contribution >= 0.6 is 0 Å². The number of nitrogens with one attached hydrogen (secondary N) is 3. The summed E-state index contributed by atoms with van der Waals surface area (Å²) in [6.07, 6.45) is 1.91. The van der Waals surface area contributed by atoms with E-state index in [1.54, 1.807) is 18.7 Å². The lowest BCUT2D eigenvalue weighted by Crippen LogP contribution is -2.59. The fourth-order valence-corrected chi connectivity index (χ4v) is 9.06. The molecule has 3 aliphatic heterocycles. The molecule has 14 nitrogen and oxygen atoms in total. The van der Waals surface area contributed by atoms with Crippen LogP contribution in [0.5, 0.6) is 0 Å². The van der Waals surface area contributed by atoms with Crippen molar-refractivity contribution in [3.05, 3.63) is 34.9 Å². The van der Waals surface area contributed by atoms with Crippen LogP contribution in [-0.4, -0.2) is 90.3 Å². The number of benzene rings is 1. The standard InChI is InChI=1S/C36H51N5O9S/c1-6-24-16-36(24,32(44)39-51(47,48)26-12-13-26)38-30(42)28-15-25-18-41(28)31(43)29(21(2)3)37-33(45)49-20-35(4,5)14-8-11-22-9-7-10-23-17-40(19-27(22)23)34(46)50-25/h7,9-10,21,24-26,28-29H,6,8,11-20H2,1-5H3,(H,37,45)(H,38,42)(H,39,44)/t24-,25-,28+,29+,36-/m1/s1. The molecule has 3 fully saturated rings. The number of carbonyl (C=O) groups is 5. The van der Waals surface area contributed by atoms with Gasteiger partial charge >= 0.3 is 12.2 Å². The molecule has 5 aliphatic rings. The normalized spacial score (nSPS) is 29.6. The second-order valence-corrected chi connectivity index (χ2v) is 18.0. The summed E-state index contributed by atoms with van der Waals surface area (Å²) in [4.78, 5) is 71.4. The van der Waals surface area contributed by atoms with E-state index in [1.165, 1.54) is 4.90 Å². The van der Waals surface area contributed by atoms with Gasteiger partial charge in [0, 0.05) is 19.5 Å². The van der Waals surface area contributed by atoms with E-state index in [1.807, 2.05) is 32.9 Å². The van der Waals surface area contributed by atoms with Crippen molar-refractivity contribution in [2.75, 3.05) is 13.2 Å². The number of aryl methyl sites for hydroxylation is 1. The molecule has 1 aromatic carbocycles. The van der Waals surface area contributed by atoms with Gasteiger partial charge in [-0.15, -0.1) is 0 Å². The van der Waals surface area contributed by atoms with Crippen LogP contribution in [-0.2, 0) is 53.4 Å². The van der Waals surface area contributed by atoms with Crippen LogP contribution in [0.25, 0.3) is 0 Å². The van der Waals surface area contributed by atoms with E-state index in [0.717, 1.165) is 36.0 Å². The molecule has 5 atom stereocenters. The molecule has 0 spiro atoms. The molecule has 1 aromatic rings. The number of nitrogens with zero attached hydrogens (tertiary/aromatic N) is 2. The Kier molecular flexibility index (Phi) is 10.1. The van der Waals surface area contributed by atoms with Gasteiger partial charge in [0.2, 0.25) is 21.8 Å². The van der Waals surface area contributed by atoms with Gasteiger partial charge in [-0.3, -0.25) is 24.0 Å². The van der Waals surface area contributed by atoms with Crippen molar-refractivity contribution in [3.8, 4) is 0 Å². The number of rotatable bonds is 7. The van der Waals surface area contributed by atoms with Crippen molar-refractivity contribution in [1.29, 1.82) is 0 Å². The number of amides is 5. The second-order valence-electron chi connectivity index (χ2n) is 16.1. The zero-order chi connectivity index (χ0) is 36.9. The van der Waals surface area contributed by atoms with Crippen molar-refractivity contribution in [2.24, 2.45) is 17.3 Å². The highest BCUT2D eigenvalue weighted by Crippen LogP contribution is 2.47. The molecule has 4 bridgehead atoms. The molecule has 3 heterocycles. The predicted molar refractivity (Wildman–Crippen MR) is 185 cm³/mol. The molecule has 280 valence electrons. The summed E-state index contributed by atoms with van der Waals surface area (Å²) < 4.78 is 39.1. The van der Waals surface area contributed by atoms with Crippen molar-refractivity contribution < 1.29 is 41.9 Å². The number of fused-ring (bicyclic) bond motifs is 3. The summed E-state index contributed by atoms with van der Waals surface area (Å²) in [7, 11) is -3.87. The van der Waals surface area contributed by atoms with Crippen LogP contribution in [0.4, 0.5) is 9.59 Å². The van der Waals surface area contributed by atoms with Crippen LogP contribution in [0.1, 0.15) is 96.3 Å². The van der Waals surface area contributed by atoms with Crippen molar-refractivity contribution in [3.63, 3.8) is 0 Å². The zero-order valence-corrected chi connectivity index (χ0v) is 31.0. The minimum Gasteiger partial charge on any atom is -0.449 e. The third-order valence-electron chi connectivity index (χ3n) is 11.1. The molecular formula is C36H51N5O9S. The number of alkyl carbamates (subject to hydrolysis) is 1. The summed E-state index contributed by atoms with van der Waals surface area (Å²) in [6.45, 7) is 10.2. The Labute approximate surface area is 299 Å². The fraction of sp³-hybridized carbons (Fsp3) is 0.694. The van der Waals surface area contributed by atoms with E-state index in [4.69, 9.17) is 9.47 Å². The lowest BCUT2D eigenvalue weighted by Gasteiger charge is -2.31. The van der Waals surface area contributed by atoms with Crippen LogP contribution in [0, 0.1) is 17.3 Å². The van der Waals surface area contributed by atoms with Gasteiger partial charge in [0.15, 0.2) is 0 Å². The third kappa shape index (κ3) is 7.82. The fourth-order valence-electron chi connectivity index (χ4n) is 7.69. The van der Waals surface area contributed by atoms with E-state index >= 15 is 0 Å². The minimum atomic E-state index is -3.87. The van der Waals surface area contributed by atoms with Crippen molar-refractivity contribution in [2.45, 2.75) is 128 Å². The van der Waals surface area contributed by atoms with Gasteiger partial charge in [-0.1, -0.05) is 59.2 Å². The Bertz CT molecular complexity index is 1690. The Hall–Kier alpha value is -3.88. The lowest BCUT2D eigenvalue weighted by molar-refractivity contribution is -0.141. The molecule has 0 aromatic heterocycles. The summed E-state index contributed by atoms with van der Waals surface area (Å²) in [5.41, 5.74) is 1.49. The summed E-state index contributed by atoms with van der Waals surface area (Å²) in [5.74, 6) is -2.71.